The third-order valence-electron chi connectivity index (χ3n) is 4.41. The minimum Gasteiger partial charge on any atom is -0.430 e. The summed E-state index contributed by atoms with van der Waals surface area (Å²) < 4.78 is 12.3. The van der Waals surface area contributed by atoms with Crippen molar-refractivity contribution in [1.29, 1.82) is 0 Å². The molecule has 0 atom stereocenters. The zero-order valence-corrected chi connectivity index (χ0v) is 11.7. The van der Waals surface area contributed by atoms with Gasteiger partial charge in [-0.15, -0.1) is 0 Å². The summed E-state index contributed by atoms with van der Waals surface area (Å²) >= 11 is 0. The van der Waals surface area contributed by atoms with E-state index in [4.69, 9.17) is 9.47 Å². The Morgan fingerprint density at radius 3 is 2.86 bits per heavy atom. The number of hydrogen-bond acceptors (Lipinski definition) is 5. The molecule has 110 valence electrons. The van der Waals surface area contributed by atoms with Gasteiger partial charge in [-0.1, -0.05) is 6.07 Å². The molecule has 4 rings (SSSR count). The molecule has 0 aromatic carbocycles. The van der Waals surface area contributed by atoms with E-state index < -0.39 is 6.16 Å². The molecule has 0 radical (unpaired) electrons. The first-order chi connectivity index (χ1) is 10.2. The first kappa shape index (κ1) is 12.6. The third kappa shape index (κ3) is 2.25. The van der Waals surface area contributed by atoms with Gasteiger partial charge >= 0.3 is 6.16 Å². The predicted molar refractivity (Wildman–Crippen MR) is 74.9 cm³/mol. The molecule has 0 bridgehead atoms. The molecule has 2 aliphatic heterocycles. The summed E-state index contributed by atoms with van der Waals surface area (Å²) in [6, 6.07) is 8.22. The normalized spacial score (nSPS) is 21.6. The molecule has 21 heavy (non-hydrogen) atoms. The van der Waals surface area contributed by atoms with E-state index in [9.17, 15) is 4.79 Å². The fraction of sp³-hybridized carbons (Fsp3) is 0.467. The maximum Gasteiger partial charge on any atom is 0.509 e. The number of fused-ring (bicyclic) bond motifs is 1. The molecule has 2 aliphatic rings. The number of nitrogens with zero attached hydrogens (tertiary/aromatic N) is 3. The van der Waals surface area contributed by atoms with Gasteiger partial charge in [-0.2, -0.15) is 5.10 Å². The van der Waals surface area contributed by atoms with Gasteiger partial charge in [0.1, 0.15) is 6.61 Å². The van der Waals surface area contributed by atoms with E-state index in [-0.39, 0.29) is 5.60 Å². The molecule has 1 spiro atoms. The number of rotatable bonds is 2. The molecule has 0 N–H and O–H groups in total. The largest absolute Gasteiger partial charge is 0.509 e. The van der Waals surface area contributed by atoms with Crippen LogP contribution in [0.5, 0.6) is 0 Å². The fourth-order valence-electron chi connectivity index (χ4n) is 3.15. The number of ether oxygens (including phenoxy) is 2. The lowest BCUT2D eigenvalue weighted by Gasteiger charge is -2.36. The molecule has 2 saturated heterocycles. The summed E-state index contributed by atoms with van der Waals surface area (Å²) in [5, 5.41) is 4.37. The maximum atomic E-state index is 11.1. The monoisotopic (exact) mass is 287 g/mol. The van der Waals surface area contributed by atoms with Gasteiger partial charge < -0.3 is 9.47 Å². The molecule has 4 heterocycles. The smallest absolute Gasteiger partial charge is 0.430 e. The molecule has 2 aromatic heterocycles. The minimum absolute atomic E-state index is 0.384. The van der Waals surface area contributed by atoms with E-state index in [1.165, 1.54) is 5.69 Å². The zero-order chi connectivity index (χ0) is 14.3. The number of cyclic esters (lactones) is 1. The van der Waals surface area contributed by atoms with Gasteiger partial charge in [0.25, 0.3) is 0 Å². The Morgan fingerprint density at radius 2 is 2.10 bits per heavy atom. The van der Waals surface area contributed by atoms with Gasteiger partial charge in [0.05, 0.1) is 11.2 Å². The average molecular weight is 287 g/mol. The Kier molecular flexibility index (Phi) is 2.85. The van der Waals surface area contributed by atoms with Crippen LogP contribution in [-0.4, -0.2) is 46.0 Å². The Balaban J connectivity index is 1.45. The second kappa shape index (κ2) is 4.73. The summed E-state index contributed by atoms with van der Waals surface area (Å²) in [5.74, 6) is 0. The maximum absolute atomic E-state index is 11.1. The molecule has 6 heteroatoms. The van der Waals surface area contributed by atoms with E-state index in [0.717, 1.165) is 38.0 Å². The van der Waals surface area contributed by atoms with Crippen LogP contribution in [-0.2, 0) is 16.0 Å². The highest BCUT2D eigenvalue weighted by atomic mass is 16.8. The van der Waals surface area contributed by atoms with Crippen LogP contribution in [0.1, 0.15) is 18.5 Å². The predicted octanol–water partition coefficient (Wildman–Crippen LogP) is 1.84. The quantitative estimate of drug-likeness (QED) is 0.789. The van der Waals surface area contributed by atoms with Crippen molar-refractivity contribution in [3.8, 4) is 0 Å². The van der Waals surface area contributed by atoms with Gasteiger partial charge in [0, 0.05) is 38.7 Å². The molecule has 0 unspecified atom stereocenters. The van der Waals surface area contributed by atoms with Crippen molar-refractivity contribution in [2.75, 3.05) is 19.7 Å². The molecular formula is C15H17N3O3. The van der Waals surface area contributed by atoms with Crippen LogP contribution in [0.4, 0.5) is 4.79 Å². The molecule has 0 amide bonds. The van der Waals surface area contributed by atoms with E-state index in [1.807, 2.05) is 16.8 Å². The summed E-state index contributed by atoms with van der Waals surface area (Å²) in [7, 11) is 0. The number of carbonyl (C=O) groups excluding carboxylic acids is 1. The van der Waals surface area contributed by atoms with E-state index in [2.05, 4.69) is 28.2 Å². The van der Waals surface area contributed by atoms with Crippen molar-refractivity contribution >= 4 is 11.7 Å². The van der Waals surface area contributed by atoms with Crippen LogP contribution in [0.3, 0.4) is 0 Å². The van der Waals surface area contributed by atoms with E-state index in [1.54, 1.807) is 0 Å². The Morgan fingerprint density at radius 1 is 1.24 bits per heavy atom. The van der Waals surface area contributed by atoms with Gasteiger partial charge in [-0.25, -0.2) is 9.31 Å². The van der Waals surface area contributed by atoms with Crippen LogP contribution in [0.25, 0.3) is 5.52 Å². The lowest BCUT2D eigenvalue weighted by atomic mass is 9.92. The van der Waals surface area contributed by atoms with Gasteiger partial charge in [0.2, 0.25) is 0 Å². The third-order valence-corrected chi connectivity index (χ3v) is 4.41. The highest BCUT2D eigenvalue weighted by Gasteiger charge is 2.44. The first-order valence-corrected chi connectivity index (χ1v) is 7.24. The van der Waals surface area contributed by atoms with Crippen LogP contribution < -0.4 is 0 Å². The van der Waals surface area contributed by atoms with Crippen LogP contribution in [0, 0.1) is 0 Å². The van der Waals surface area contributed by atoms with Gasteiger partial charge in [-0.05, 0) is 18.2 Å². The number of likely N-dealkylation sites (tertiary alicyclic amines) is 1. The SMILES string of the molecule is O=C1OCC2(CCN(Cc3cccc4ccnn34)CC2)O1. The van der Waals surface area contributed by atoms with E-state index >= 15 is 0 Å². The molecule has 2 aromatic rings. The zero-order valence-electron chi connectivity index (χ0n) is 11.7. The number of piperidine rings is 1. The Hall–Kier alpha value is -2.08. The van der Waals surface area contributed by atoms with Gasteiger partial charge in [0.15, 0.2) is 5.60 Å². The average Bonchev–Trinajstić information content (AvgIpc) is 3.10. The molecule has 6 nitrogen and oxygen atoms in total. The van der Waals surface area contributed by atoms with Crippen molar-refractivity contribution < 1.29 is 14.3 Å². The van der Waals surface area contributed by atoms with Crippen molar-refractivity contribution in [1.82, 2.24) is 14.5 Å². The van der Waals surface area contributed by atoms with Crippen LogP contribution in [0.15, 0.2) is 30.5 Å². The van der Waals surface area contributed by atoms with Gasteiger partial charge in [-0.3, -0.25) is 4.90 Å². The topological polar surface area (TPSA) is 56.1 Å². The van der Waals surface area contributed by atoms with E-state index in [0.29, 0.717) is 6.61 Å². The second-order valence-corrected chi connectivity index (χ2v) is 5.78. The van der Waals surface area contributed by atoms with Crippen molar-refractivity contribution in [2.45, 2.75) is 25.0 Å². The van der Waals surface area contributed by atoms with Crippen LogP contribution >= 0.6 is 0 Å². The highest BCUT2D eigenvalue weighted by molar-refractivity contribution is 5.62. The van der Waals surface area contributed by atoms with Crippen molar-refractivity contribution in [2.24, 2.45) is 0 Å². The first-order valence-electron chi connectivity index (χ1n) is 7.24. The minimum atomic E-state index is -0.523. The van der Waals surface area contributed by atoms with Crippen molar-refractivity contribution in [3.63, 3.8) is 0 Å². The Bertz CT molecular complexity index is 674. The summed E-state index contributed by atoms with van der Waals surface area (Å²) in [6.07, 6.45) is 2.95. The molecule has 0 saturated carbocycles. The number of aromatic nitrogens is 2. The molecular weight excluding hydrogens is 270 g/mol. The standard InChI is InChI=1S/C15H17N3O3/c19-14-20-11-15(21-14)5-8-17(9-6-15)10-13-3-1-2-12-4-7-16-18(12)13/h1-4,7H,5-6,8-11H2. The summed E-state index contributed by atoms with van der Waals surface area (Å²) in [6.45, 7) is 3.04. The molecule has 2 fully saturated rings. The number of pyridine rings is 1. The summed E-state index contributed by atoms with van der Waals surface area (Å²) in [4.78, 5) is 13.5. The second-order valence-electron chi connectivity index (χ2n) is 5.78. The summed E-state index contributed by atoms with van der Waals surface area (Å²) in [5.41, 5.74) is 1.90. The lowest BCUT2D eigenvalue weighted by molar-refractivity contribution is -0.00202. The number of hydrogen-bond donors (Lipinski definition) is 0. The lowest BCUT2D eigenvalue weighted by Crippen LogP contribution is -2.45. The Labute approximate surface area is 122 Å². The van der Waals surface area contributed by atoms with Crippen LogP contribution in [0.2, 0.25) is 0 Å². The number of carbonyl (C=O) groups is 1. The molecule has 0 aliphatic carbocycles. The fourth-order valence-corrected chi connectivity index (χ4v) is 3.15. The highest BCUT2D eigenvalue weighted by Crippen LogP contribution is 2.32. The van der Waals surface area contributed by atoms with Crippen molar-refractivity contribution in [3.05, 3.63) is 36.2 Å².